The van der Waals surface area contributed by atoms with Gasteiger partial charge in [0, 0.05) is 0 Å². The van der Waals surface area contributed by atoms with E-state index >= 15 is 0 Å². The molecule has 5 heteroatoms. The molecule has 0 aliphatic rings. The van der Waals surface area contributed by atoms with Crippen molar-refractivity contribution in [2.45, 2.75) is 6.61 Å². The quantitative estimate of drug-likeness (QED) is 0.547. The Hall–Kier alpha value is -1.46. The van der Waals surface area contributed by atoms with Crippen LogP contribution < -0.4 is 5.48 Å². The fourth-order valence-electron chi connectivity index (χ4n) is 0.828. The maximum Gasteiger partial charge on any atom is 0.319 e. The number of benzene rings is 1. The summed E-state index contributed by atoms with van der Waals surface area (Å²) in [6.07, 6.45) is 0. The van der Waals surface area contributed by atoms with Gasteiger partial charge in [-0.3, -0.25) is 9.63 Å². The molecule has 76 valence electrons. The summed E-state index contributed by atoms with van der Waals surface area (Å²) < 4.78 is 12.4. The first-order chi connectivity index (χ1) is 6.68. The van der Waals surface area contributed by atoms with Gasteiger partial charge in [0.15, 0.2) is 0 Å². The van der Waals surface area contributed by atoms with E-state index in [0.717, 1.165) is 5.56 Å². The fraction of sp³-hybridized carbons (Fsp3) is 0.222. The topological polar surface area (TPSA) is 58.6 Å². The third kappa shape index (κ3) is 3.97. The van der Waals surface area contributed by atoms with Gasteiger partial charge in [-0.05, 0) is 17.7 Å². The van der Waals surface area contributed by atoms with Gasteiger partial charge in [-0.15, -0.1) is 0 Å². The van der Waals surface area contributed by atoms with Crippen molar-refractivity contribution in [1.29, 1.82) is 0 Å². The Balaban J connectivity index is 2.25. The number of halogens is 1. The predicted molar refractivity (Wildman–Crippen MR) is 46.8 cm³/mol. The lowest BCUT2D eigenvalue weighted by Crippen LogP contribution is -2.22. The number of hydrogen-bond donors (Lipinski definition) is 2. The Morgan fingerprint density at radius 3 is 2.64 bits per heavy atom. The Labute approximate surface area is 80.3 Å². The zero-order chi connectivity index (χ0) is 10.4. The minimum absolute atomic E-state index is 0.202. The van der Waals surface area contributed by atoms with Gasteiger partial charge < -0.3 is 5.11 Å². The summed E-state index contributed by atoms with van der Waals surface area (Å²) in [7, 11) is 0. The molecule has 0 fully saturated rings. The molecule has 0 spiro atoms. The third-order valence-corrected chi connectivity index (χ3v) is 1.48. The van der Waals surface area contributed by atoms with Crippen molar-refractivity contribution in [3.05, 3.63) is 35.6 Å². The van der Waals surface area contributed by atoms with Gasteiger partial charge in [-0.1, -0.05) is 12.1 Å². The summed E-state index contributed by atoms with van der Waals surface area (Å²) in [5.74, 6) is -1.31. The van der Waals surface area contributed by atoms with Crippen molar-refractivity contribution < 1.29 is 19.1 Å². The number of rotatable bonds is 5. The average Bonchev–Trinajstić information content (AvgIpc) is 2.15. The highest BCUT2D eigenvalue weighted by atomic mass is 19.1. The summed E-state index contributed by atoms with van der Waals surface area (Å²) in [4.78, 5) is 14.9. The molecule has 0 amide bonds. The van der Waals surface area contributed by atoms with Crippen LogP contribution in [0.4, 0.5) is 4.39 Å². The number of carboxylic acid groups (broad SMARTS) is 1. The fourth-order valence-corrected chi connectivity index (χ4v) is 0.828. The van der Waals surface area contributed by atoms with Gasteiger partial charge in [0.05, 0.1) is 6.61 Å². The third-order valence-electron chi connectivity index (χ3n) is 1.48. The van der Waals surface area contributed by atoms with E-state index in [1.54, 1.807) is 12.1 Å². The summed E-state index contributed by atoms with van der Waals surface area (Å²) in [6, 6.07) is 5.77. The van der Waals surface area contributed by atoms with Crippen LogP contribution in [-0.2, 0) is 16.2 Å². The molecule has 0 unspecified atom stereocenters. The molecule has 0 aliphatic carbocycles. The smallest absolute Gasteiger partial charge is 0.319 e. The highest BCUT2D eigenvalue weighted by Gasteiger charge is 1.96. The molecule has 0 aromatic heterocycles. The zero-order valence-electron chi connectivity index (χ0n) is 7.37. The van der Waals surface area contributed by atoms with Crippen molar-refractivity contribution in [3.8, 4) is 0 Å². The lowest BCUT2D eigenvalue weighted by molar-refractivity contribution is -0.139. The summed E-state index contributed by atoms with van der Waals surface area (Å²) in [5.41, 5.74) is 3.02. The molecule has 14 heavy (non-hydrogen) atoms. The minimum atomic E-state index is -0.996. The van der Waals surface area contributed by atoms with Crippen molar-refractivity contribution >= 4 is 5.97 Å². The van der Waals surface area contributed by atoms with Gasteiger partial charge in [0.1, 0.15) is 12.4 Å². The van der Waals surface area contributed by atoms with Crippen LogP contribution in [0, 0.1) is 5.82 Å². The van der Waals surface area contributed by atoms with Gasteiger partial charge in [0.2, 0.25) is 0 Å². The Morgan fingerprint density at radius 2 is 2.07 bits per heavy atom. The summed E-state index contributed by atoms with van der Waals surface area (Å²) >= 11 is 0. The van der Waals surface area contributed by atoms with Crippen LogP contribution >= 0.6 is 0 Å². The second kappa shape index (κ2) is 5.31. The normalized spacial score (nSPS) is 10.1. The highest BCUT2D eigenvalue weighted by molar-refractivity contribution is 5.68. The van der Waals surface area contributed by atoms with E-state index in [4.69, 9.17) is 9.94 Å². The standard InChI is InChI=1S/C9H10FNO3/c10-8-3-1-7(2-4-8)6-14-11-5-9(12)13/h1-4,11H,5-6H2,(H,12,13). The first-order valence-electron chi connectivity index (χ1n) is 3.99. The van der Waals surface area contributed by atoms with E-state index in [1.807, 2.05) is 0 Å². The van der Waals surface area contributed by atoms with Crippen LogP contribution in [0.25, 0.3) is 0 Å². The Morgan fingerprint density at radius 1 is 1.43 bits per heavy atom. The number of hydroxylamine groups is 1. The summed E-state index contributed by atoms with van der Waals surface area (Å²) in [5, 5.41) is 8.25. The molecular formula is C9H10FNO3. The van der Waals surface area contributed by atoms with Crippen molar-refractivity contribution in [2.75, 3.05) is 6.54 Å². The van der Waals surface area contributed by atoms with Crippen molar-refractivity contribution in [2.24, 2.45) is 0 Å². The van der Waals surface area contributed by atoms with Crippen molar-refractivity contribution in [1.82, 2.24) is 5.48 Å². The number of carbonyl (C=O) groups is 1. The van der Waals surface area contributed by atoms with Crippen molar-refractivity contribution in [3.63, 3.8) is 0 Å². The van der Waals surface area contributed by atoms with Gasteiger partial charge in [0.25, 0.3) is 0 Å². The number of carboxylic acids is 1. The molecule has 0 saturated carbocycles. The molecular weight excluding hydrogens is 189 g/mol. The Kier molecular flexibility index (Phi) is 4.03. The van der Waals surface area contributed by atoms with Crippen LogP contribution in [0.2, 0.25) is 0 Å². The number of aliphatic carboxylic acids is 1. The van der Waals surface area contributed by atoms with Crippen LogP contribution in [-0.4, -0.2) is 17.6 Å². The second-order valence-electron chi connectivity index (χ2n) is 2.63. The maximum absolute atomic E-state index is 12.4. The molecule has 0 atom stereocenters. The second-order valence-corrected chi connectivity index (χ2v) is 2.63. The first-order valence-corrected chi connectivity index (χ1v) is 3.99. The summed E-state index contributed by atoms with van der Waals surface area (Å²) in [6.45, 7) is -0.0608. The van der Waals surface area contributed by atoms with Gasteiger partial charge in [-0.2, -0.15) is 5.48 Å². The minimum Gasteiger partial charge on any atom is -0.480 e. The molecule has 2 N–H and O–H groups in total. The molecule has 0 radical (unpaired) electrons. The predicted octanol–water partition coefficient (Wildman–Crippen LogP) is 0.931. The molecule has 1 rings (SSSR count). The molecule has 0 saturated heterocycles. The lowest BCUT2D eigenvalue weighted by atomic mass is 10.2. The highest BCUT2D eigenvalue weighted by Crippen LogP contribution is 2.02. The van der Waals surface area contributed by atoms with E-state index in [1.165, 1.54) is 12.1 Å². The molecule has 1 aromatic rings. The molecule has 0 aliphatic heterocycles. The number of nitrogens with one attached hydrogen (secondary N) is 1. The largest absolute Gasteiger partial charge is 0.480 e. The molecule has 4 nitrogen and oxygen atoms in total. The Bertz CT molecular complexity index is 299. The van der Waals surface area contributed by atoms with Crippen LogP contribution in [0.15, 0.2) is 24.3 Å². The zero-order valence-corrected chi connectivity index (χ0v) is 7.37. The molecule has 0 heterocycles. The van der Waals surface area contributed by atoms with E-state index in [0.29, 0.717) is 0 Å². The van der Waals surface area contributed by atoms with E-state index in [2.05, 4.69) is 5.48 Å². The van der Waals surface area contributed by atoms with E-state index in [-0.39, 0.29) is 19.0 Å². The first kappa shape index (κ1) is 10.6. The van der Waals surface area contributed by atoms with E-state index < -0.39 is 5.97 Å². The SMILES string of the molecule is O=C(O)CNOCc1ccc(F)cc1. The number of hydrogen-bond acceptors (Lipinski definition) is 3. The lowest BCUT2D eigenvalue weighted by Gasteiger charge is -2.03. The van der Waals surface area contributed by atoms with Crippen LogP contribution in [0.5, 0.6) is 0 Å². The maximum atomic E-state index is 12.4. The van der Waals surface area contributed by atoms with Crippen LogP contribution in [0.3, 0.4) is 0 Å². The van der Waals surface area contributed by atoms with E-state index in [9.17, 15) is 9.18 Å². The molecule has 0 bridgehead atoms. The van der Waals surface area contributed by atoms with Gasteiger partial charge >= 0.3 is 5.97 Å². The van der Waals surface area contributed by atoms with Gasteiger partial charge in [-0.25, -0.2) is 4.39 Å². The average molecular weight is 199 g/mol. The monoisotopic (exact) mass is 199 g/mol. The van der Waals surface area contributed by atoms with Crippen LogP contribution in [0.1, 0.15) is 5.56 Å². The molecule has 1 aromatic carbocycles.